The van der Waals surface area contributed by atoms with Crippen LogP contribution in [0.15, 0.2) is 12.1 Å². The highest BCUT2D eigenvalue weighted by Gasteiger charge is 2.07. The standard InChI is InChI=1S/C7H7ClO2S/c1-10-7(9)6-3-2-5(4-8)11-6/h2-3H,4H2,1H3. The fourth-order valence-corrected chi connectivity index (χ4v) is 1.69. The van der Waals surface area contributed by atoms with E-state index in [1.54, 1.807) is 6.07 Å². The summed E-state index contributed by atoms with van der Waals surface area (Å²) in [5.41, 5.74) is 0. The molecule has 1 aromatic rings. The van der Waals surface area contributed by atoms with Gasteiger partial charge in [0.05, 0.1) is 13.0 Å². The summed E-state index contributed by atoms with van der Waals surface area (Å²) in [5, 5.41) is 0. The molecule has 4 heteroatoms. The van der Waals surface area contributed by atoms with Gasteiger partial charge in [-0.25, -0.2) is 4.79 Å². The summed E-state index contributed by atoms with van der Waals surface area (Å²) in [4.78, 5) is 12.5. The number of esters is 1. The second kappa shape index (κ2) is 3.74. The summed E-state index contributed by atoms with van der Waals surface area (Å²) in [6.07, 6.45) is 0. The largest absolute Gasteiger partial charge is 0.465 e. The fraction of sp³-hybridized carbons (Fsp3) is 0.286. The van der Waals surface area contributed by atoms with Crippen molar-refractivity contribution in [2.75, 3.05) is 7.11 Å². The highest BCUT2D eigenvalue weighted by molar-refractivity contribution is 7.14. The van der Waals surface area contributed by atoms with E-state index in [1.807, 2.05) is 6.07 Å². The number of hydrogen-bond donors (Lipinski definition) is 0. The predicted octanol–water partition coefficient (Wildman–Crippen LogP) is 2.27. The lowest BCUT2D eigenvalue weighted by atomic mass is 10.4. The van der Waals surface area contributed by atoms with E-state index in [4.69, 9.17) is 11.6 Å². The van der Waals surface area contributed by atoms with Gasteiger partial charge in [-0.2, -0.15) is 0 Å². The molecule has 1 aromatic heterocycles. The normalized spacial score (nSPS) is 9.64. The first-order valence-electron chi connectivity index (χ1n) is 3.01. The van der Waals surface area contributed by atoms with Crippen molar-refractivity contribution < 1.29 is 9.53 Å². The number of carbonyl (C=O) groups is 1. The van der Waals surface area contributed by atoms with E-state index < -0.39 is 0 Å². The van der Waals surface area contributed by atoms with E-state index in [0.717, 1.165) is 4.88 Å². The summed E-state index contributed by atoms with van der Waals surface area (Å²) in [7, 11) is 1.36. The van der Waals surface area contributed by atoms with Gasteiger partial charge >= 0.3 is 5.97 Å². The van der Waals surface area contributed by atoms with Gasteiger partial charge in [-0.05, 0) is 12.1 Å². The van der Waals surface area contributed by atoms with Gasteiger partial charge in [0.25, 0.3) is 0 Å². The Labute approximate surface area is 73.7 Å². The first-order chi connectivity index (χ1) is 5.27. The molecule has 0 saturated heterocycles. The number of hydrogen-bond acceptors (Lipinski definition) is 3. The molecule has 0 fully saturated rings. The summed E-state index contributed by atoms with van der Waals surface area (Å²) in [6.45, 7) is 0. The van der Waals surface area contributed by atoms with Crippen molar-refractivity contribution in [2.24, 2.45) is 0 Å². The van der Waals surface area contributed by atoms with E-state index in [0.29, 0.717) is 10.8 Å². The van der Waals surface area contributed by atoms with Crippen molar-refractivity contribution in [2.45, 2.75) is 5.88 Å². The molecule has 11 heavy (non-hydrogen) atoms. The molecule has 0 spiro atoms. The number of ether oxygens (including phenoxy) is 1. The Hall–Kier alpha value is -0.540. The third kappa shape index (κ3) is 1.94. The van der Waals surface area contributed by atoms with Crippen LogP contribution in [0.25, 0.3) is 0 Å². The van der Waals surface area contributed by atoms with Gasteiger partial charge in [0.15, 0.2) is 0 Å². The Kier molecular flexibility index (Phi) is 2.91. The van der Waals surface area contributed by atoms with Crippen LogP contribution in [0, 0.1) is 0 Å². The third-order valence-electron chi connectivity index (χ3n) is 1.18. The second-order valence-electron chi connectivity index (χ2n) is 1.89. The van der Waals surface area contributed by atoms with Gasteiger partial charge in [0.2, 0.25) is 0 Å². The quantitative estimate of drug-likeness (QED) is 0.528. The molecule has 60 valence electrons. The minimum absolute atomic E-state index is 0.300. The summed E-state index contributed by atoms with van der Waals surface area (Å²) in [6, 6.07) is 3.54. The maximum absolute atomic E-state index is 10.9. The lowest BCUT2D eigenvalue weighted by Gasteiger charge is -1.91. The zero-order valence-electron chi connectivity index (χ0n) is 5.96. The van der Waals surface area contributed by atoms with E-state index in [1.165, 1.54) is 18.4 Å². The van der Waals surface area contributed by atoms with Crippen molar-refractivity contribution in [3.8, 4) is 0 Å². The smallest absolute Gasteiger partial charge is 0.348 e. The van der Waals surface area contributed by atoms with Gasteiger partial charge in [-0.1, -0.05) is 0 Å². The number of alkyl halides is 1. The molecular formula is C7H7ClO2S. The molecule has 0 aromatic carbocycles. The highest BCUT2D eigenvalue weighted by atomic mass is 35.5. The first-order valence-corrected chi connectivity index (χ1v) is 4.36. The van der Waals surface area contributed by atoms with Gasteiger partial charge in [0, 0.05) is 4.88 Å². The second-order valence-corrected chi connectivity index (χ2v) is 3.33. The van der Waals surface area contributed by atoms with E-state index in [9.17, 15) is 4.79 Å². The van der Waals surface area contributed by atoms with Crippen LogP contribution in [-0.2, 0) is 10.6 Å². The van der Waals surface area contributed by atoms with Crippen LogP contribution in [0.2, 0.25) is 0 Å². The van der Waals surface area contributed by atoms with Crippen molar-refractivity contribution in [1.82, 2.24) is 0 Å². The zero-order chi connectivity index (χ0) is 8.27. The van der Waals surface area contributed by atoms with Crippen LogP contribution < -0.4 is 0 Å². The van der Waals surface area contributed by atoms with Crippen LogP contribution in [0.5, 0.6) is 0 Å². The van der Waals surface area contributed by atoms with E-state index in [-0.39, 0.29) is 5.97 Å². The number of methoxy groups -OCH3 is 1. The molecular weight excluding hydrogens is 184 g/mol. The molecule has 1 heterocycles. The minimum atomic E-state index is -0.300. The topological polar surface area (TPSA) is 26.3 Å². The molecule has 0 N–H and O–H groups in total. The Morgan fingerprint density at radius 1 is 1.73 bits per heavy atom. The molecule has 0 aliphatic rings. The molecule has 0 aliphatic heterocycles. The summed E-state index contributed by atoms with van der Waals surface area (Å²) < 4.78 is 4.52. The molecule has 0 bridgehead atoms. The van der Waals surface area contributed by atoms with Crippen molar-refractivity contribution >= 4 is 28.9 Å². The van der Waals surface area contributed by atoms with Crippen LogP contribution in [0.1, 0.15) is 14.5 Å². The molecule has 0 aliphatic carbocycles. The lowest BCUT2D eigenvalue weighted by molar-refractivity contribution is 0.0606. The number of thiophene rings is 1. The van der Waals surface area contributed by atoms with E-state index in [2.05, 4.69) is 4.74 Å². The van der Waals surface area contributed by atoms with Crippen LogP contribution >= 0.6 is 22.9 Å². The molecule has 0 atom stereocenters. The lowest BCUT2D eigenvalue weighted by Crippen LogP contribution is -1.96. The molecule has 0 radical (unpaired) electrons. The van der Waals surface area contributed by atoms with E-state index >= 15 is 0 Å². The Morgan fingerprint density at radius 2 is 2.45 bits per heavy atom. The minimum Gasteiger partial charge on any atom is -0.465 e. The average molecular weight is 191 g/mol. The van der Waals surface area contributed by atoms with Gasteiger partial charge < -0.3 is 4.74 Å². The molecule has 0 saturated carbocycles. The Balaban J connectivity index is 2.80. The first kappa shape index (κ1) is 8.56. The van der Waals surface area contributed by atoms with Gasteiger partial charge in [-0.3, -0.25) is 0 Å². The van der Waals surface area contributed by atoms with Gasteiger partial charge in [-0.15, -0.1) is 22.9 Å². The van der Waals surface area contributed by atoms with Gasteiger partial charge in [0.1, 0.15) is 4.88 Å². The summed E-state index contributed by atoms with van der Waals surface area (Å²) >= 11 is 6.91. The van der Waals surface area contributed by atoms with Crippen LogP contribution in [-0.4, -0.2) is 13.1 Å². The molecule has 0 amide bonds. The predicted molar refractivity (Wildman–Crippen MR) is 45.2 cm³/mol. The SMILES string of the molecule is COC(=O)c1ccc(CCl)s1. The summed E-state index contributed by atoms with van der Waals surface area (Å²) in [5.74, 6) is 0.146. The zero-order valence-corrected chi connectivity index (χ0v) is 7.54. The average Bonchev–Trinajstić information content (AvgIpc) is 2.50. The maximum Gasteiger partial charge on any atom is 0.348 e. The number of rotatable bonds is 2. The van der Waals surface area contributed by atoms with Crippen LogP contribution in [0.3, 0.4) is 0 Å². The highest BCUT2D eigenvalue weighted by Crippen LogP contribution is 2.18. The molecule has 1 rings (SSSR count). The number of halogens is 1. The third-order valence-corrected chi connectivity index (χ3v) is 2.69. The molecule has 2 nitrogen and oxygen atoms in total. The Morgan fingerprint density at radius 3 is 2.91 bits per heavy atom. The monoisotopic (exact) mass is 190 g/mol. The van der Waals surface area contributed by atoms with Crippen molar-refractivity contribution in [3.63, 3.8) is 0 Å². The Bertz CT molecular complexity index is 257. The maximum atomic E-state index is 10.9. The van der Waals surface area contributed by atoms with Crippen LogP contribution in [0.4, 0.5) is 0 Å². The van der Waals surface area contributed by atoms with Crippen molar-refractivity contribution in [1.29, 1.82) is 0 Å². The molecule has 0 unspecified atom stereocenters. The van der Waals surface area contributed by atoms with Crippen molar-refractivity contribution in [3.05, 3.63) is 21.9 Å². The number of carbonyl (C=O) groups excluding carboxylic acids is 1. The fourth-order valence-electron chi connectivity index (χ4n) is 0.660.